The van der Waals surface area contributed by atoms with Gasteiger partial charge in [-0.15, -0.1) is 0 Å². The Morgan fingerprint density at radius 3 is 2.10 bits per heavy atom. The molecule has 0 aliphatic carbocycles. The lowest BCUT2D eigenvalue weighted by atomic mass is 9.74. The third-order valence-electron chi connectivity index (χ3n) is 5.25. The molecule has 3 aromatic rings. The summed E-state index contributed by atoms with van der Waals surface area (Å²) >= 11 is 0. The highest BCUT2D eigenvalue weighted by Crippen LogP contribution is 2.50. The van der Waals surface area contributed by atoms with Crippen LogP contribution in [0.25, 0.3) is 0 Å². The smallest absolute Gasteiger partial charge is 0.228 e. The first-order valence-corrected chi connectivity index (χ1v) is 10.1. The zero-order valence-electron chi connectivity index (χ0n) is 17.4. The molecule has 152 valence electrons. The summed E-state index contributed by atoms with van der Waals surface area (Å²) in [6.07, 6.45) is 0.814. The number of rotatable bonds is 4. The predicted molar refractivity (Wildman–Crippen MR) is 117 cm³/mol. The molecule has 0 fully saturated rings. The number of benzene rings is 3. The molecule has 1 aliphatic rings. The van der Waals surface area contributed by atoms with Crippen LogP contribution < -0.4 is 10.1 Å². The van der Waals surface area contributed by atoms with Crippen molar-refractivity contribution in [3.8, 4) is 11.5 Å². The topological polar surface area (TPSA) is 55.4 Å². The minimum Gasteiger partial charge on any atom is -0.457 e. The zero-order valence-corrected chi connectivity index (χ0v) is 17.4. The maximum Gasteiger partial charge on any atom is 0.228 e. The molecular weight excluding hydrogens is 374 g/mol. The monoisotopic (exact) mass is 399 g/mol. The first-order chi connectivity index (χ1) is 14.4. The minimum atomic E-state index is -0.518. The van der Waals surface area contributed by atoms with Gasteiger partial charge in [-0.1, -0.05) is 54.6 Å². The van der Waals surface area contributed by atoms with E-state index in [0.717, 1.165) is 34.5 Å². The van der Waals surface area contributed by atoms with Gasteiger partial charge in [0.1, 0.15) is 17.8 Å². The van der Waals surface area contributed by atoms with E-state index in [1.165, 1.54) is 0 Å². The van der Waals surface area contributed by atoms with Gasteiger partial charge in [0, 0.05) is 28.1 Å². The molecule has 0 saturated carbocycles. The molecule has 30 heavy (non-hydrogen) atoms. The Hall–Kier alpha value is -3.40. The van der Waals surface area contributed by atoms with Crippen LogP contribution >= 0.6 is 0 Å². The quantitative estimate of drug-likeness (QED) is 0.595. The SMILES string of the molecule is CC(C)(C)NC(=O)C(c1cccc(C=O)c1)C1c2ccccc2Oc2ccccc21. The van der Waals surface area contributed by atoms with Gasteiger partial charge in [0.25, 0.3) is 0 Å². The number of ether oxygens (including phenoxy) is 1. The van der Waals surface area contributed by atoms with Crippen LogP contribution in [0.5, 0.6) is 11.5 Å². The van der Waals surface area contributed by atoms with Crippen LogP contribution in [-0.2, 0) is 4.79 Å². The fraction of sp³-hybridized carbons (Fsp3) is 0.231. The Kier molecular flexibility index (Phi) is 5.17. The van der Waals surface area contributed by atoms with Gasteiger partial charge in [-0.05, 0) is 44.5 Å². The number of hydrogen-bond donors (Lipinski definition) is 1. The van der Waals surface area contributed by atoms with Crippen molar-refractivity contribution in [1.29, 1.82) is 0 Å². The first-order valence-electron chi connectivity index (χ1n) is 10.1. The van der Waals surface area contributed by atoms with E-state index in [-0.39, 0.29) is 17.4 Å². The maximum absolute atomic E-state index is 13.6. The Bertz CT molecular complexity index is 1050. The molecule has 1 amide bonds. The van der Waals surface area contributed by atoms with Crippen LogP contribution in [0.4, 0.5) is 0 Å². The highest BCUT2D eigenvalue weighted by atomic mass is 16.5. The molecule has 1 unspecified atom stereocenters. The van der Waals surface area contributed by atoms with Crippen molar-refractivity contribution in [3.63, 3.8) is 0 Å². The van der Waals surface area contributed by atoms with Gasteiger partial charge in [-0.25, -0.2) is 0 Å². The van der Waals surface area contributed by atoms with E-state index in [1.54, 1.807) is 12.1 Å². The number of nitrogens with one attached hydrogen (secondary N) is 1. The fourth-order valence-corrected chi connectivity index (χ4v) is 4.07. The van der Waals surface area contributed by atoms with Crippen molar-refractivity contribution in [2.45, 2.75) is 38.1 Å². The van der Waals surface area contributed by atoms with Gasteiger partial charge in [0.2, 0.25) is 5.91 Å². The number of carbonyl (C=O) groups excluding carboxylic acids is 2. The molecule has 1 aliphatic heterocycles. The molecular formula is C26H25NO3. The summed E-state index contributed by atoms with van der Waals surface area (Å²) in [7, 11) is 0. The van der Waals surface area contributed by atoms with Gasteiger partial charge in [-0.3, -0.25) is 9.59 Å². The predicted octanol–water partition coefficient (Wildman–Crippen LogP) is 5.44. The lowest BCUT2D eigenvalue weighted by molar-refractivity contribution is -0.124. The summed E-state index contributed by atoms with van der Waals surface area (Å²) in [6, 6.07) is 23.0. The number of carbonyl (C=O) groups is 2. The molecule has 4 nitrogen and oxygen atoms in total. The van der Waals surface area contributed by atoms with Gasteiger partial charge in [0.05, 0.1) is 5.92 Å². The van der Waals surface area contributed by atoms with E-state index in [2.05, 4.69) is 5.32 Å². The Labute approximate surface area is 176 Å². The average Bonchev–Trinajstić information content (AvgIpc) is 2.72. The van der Waals surface area contributed by atoms with E-state index in [9.17, 15) is 9.59 Å². The van der Waals surface area contributed by atoms with Crippen molar-refractivity contribution in [3.05, 3.63) is 95.1 Å². The lowest BCUT2D eigenvalue weighted by Crippen LogP contribution is -2.44. The van der Waals surface area contributed by atoms with Crippen molar-refractivity contribution in [1.82, 2.24) is 5.32 Å². The second kappa shape index (κ2) is 7.79. The Morgan fingerprint density at radius 1 is 0.933 bits per heavy atom. The molecule has 4 heteroatoms. The van der Waals surface area contributed by atoms with Crippen molar-refractivity contribution >= 4 is 12.2 Å². The molecule has 4 rings (SSSR count). The second-order valence-electron chi connectivity index (χ2n) is 8.66. The molecule has 0 spiro atoms. The molecule has 1 N–H and O–H groups in total. The van der Waals surface area contributed by atoms with Gasteiger partial charge >= 0.3 is 0 Å². The molecule has 3 aromatic carbocycles. The fourth-order valence-electron chi connectivity index (χ4n) is 4.07. The minimum absolute atomic E-state index is 0.0814. The standard InChI is InChI=1S/C26H25NO3/c1-26(2,3)27-25(29)23(18-10-8-9-17(15-18)16-28)24-19-11-4-6-13-21(19)30-22-14-7-5-12-20(22)24/h4-16,23-24H,1-3H3,(H,27,29). The lowest BCUT2D eigenvalue weighted by Gasteiger charge is -2.35. The summed E-state index contributed by atoms with van der Waals surface area (Å²) < 4.78 is 6.13. The number of fused-ring (bicyclic) bond motifs is 2. The van der Waals surface area contributed by atoms with Crippen LogP contribution in [0, 0.1) is 0 Å². The molecule has 0 aromatic heterocycles. The normalized spacial score (nSPS) is 14.1. The number of amides is 1. The summed E-state index contributed by atoms with van der Waals surface area (Å²) in [5.74, 6) is 0.662. The zero-order chi connectivity index (χ0) is 21.3. The van der Waals surface area contributed by atoms with E-state index in [0.29, 0.717) is 5.56 Å². The van der Waals surface area contributed by atoms with E-state index >= 15 is 0 Å². The Morgan fingerprint density at radius 2 is 1.53 bits per heavy atom. The number of aldehydes is 1. The van der Waals surface area contributed by atoms with Crippen LogP contribution in [0.15, 0.2) is 72.8 Å². The van der Waals surface area contributed by atoms with Crippen LogP contribution in [0.3, 0.4) is 0 Å². The van der Waals surface area contributed by atoms with E-state index in [4.69, 9.17) is 4.74 Å². The summed E-state index contributed by atoms with van der Waals surface area (Å²) in [4.78, 5) is 25.1. The molecule has 0 bridgehead atoms. The van der Waals surface area contributed by atoms with Crippen molar-refractivity contribution in [2.24, 2.45) is 0 Å². The number of para-hydroxylation sites is 2. The van der Waals surface area contributed by atoms with Gasteiger partial charge < -0.3 is 10.1 Å². The van der Waals surface area contributed by atoms with Crippen molar-refractivity contribution < 1.29 is 14.3 Å². The van der Waals surface area contributed by atoms with Gasteiger partial charge in [-0.2, -0.15) is 0 Å². The summed E-state index contributed by atoms with van der Waals surface area (Å²) in [6.45, 7) is 5.90. The Balaban J connectivity index is 1.93. The molecule has 0 saturated heterocycles. The van der Waals surface area contributed by atoms with Crippen LogP contribution in [-0.4, -0.2) is 17.7 Å². The third kappa shape index (κ3) is 3.86. The molecule has 0 radical (unpaired) electrons. The van der Waals surface area contributed by atoms with Crippen LogP contribution in [0.1, 0.15) is 59.7 Å². The largest absolute Gasteiger partial charge is 0.457 e. The third-order valence-corrected chi connectivity index (χ3v) is 5.25. The first kappa shape index (κ1) is 19.9. The average molecular weight is 399 g/mol. The highest BCUT2D eigenvalue weighted by molar-refractivity contribution is 5.87. The van der Waals surface area contributed by atoms with E-state index < -0.39 is 5.92 Å². The van der Waals surface area contributed by atoms with Crippen LogP contribution in [0.2, 0.25) is 0 Å². The molecule has 1 atom stereocenters. The van der Waals surface area contributed by atoms with Crippen molar-refractivity contribution in [2.75, 3.05) is 0 Å². The summed E-state index contributed by atoms with van der Waals surface area (Å²) in [5.41, 5.74) is 2.89. The second-order valence-corrected chi connectivity index (χ2v) is 8.66. The summed E-state index contributed by atoms with van der Waals surface area (Å²) in [5, 5.41) is 3.15. The maximum atomic E-state index is 13.6. The number of hydrogen-bond acceptors (Lipinski definition) is 3. The highest BCUT2D eigenvalue weighted by Gasteiger charge is 2.39. The van der Waals surface area contributed by atoms with Gasteiger partial charge in [0.15, 0.2) is 0 Å². The van der Waals surface area contributed by atoms with E-state index in [1.807, 2.05) is 81.4 Å². The molecule has 1 heterocycles.